The Morgan fingerprint density at radius 3 is 2.63 bits per heavy atom. The zero-order valence-corrected chi connectivity index (χ0v) is 13.5. The highest BCUT2D eigenvalue weighted by Gasteiger charge is 2.29. The summed E-state index contributed by atoms with van der Waals surface area (Å²) in [6.45, 7) is 4.78. The SMILES string of the molecule is CC(C)NCc1ccc(Br)c(S(=O)(=O)NC2CC2)c1. The first-order valence-corrected chi connectivity index (χ1v) is 8.70. The fraction of sp³-hybridized carbons (Fsp3) is 0.538. The maximum atomic E-state index is 12.2. The Kier molecular flexibility index (Phi) is 4.66. The molecule has 0 atom stereocenters. The molecule has 0 saturated heterocycles. The summed E-state index contributed by atoms with van der Waals surface area (Å²) in [5, 5.41) is 3.28. The standard InChI is InChI=1S/C13H19BrN2O2S/c1-9(2)15-8-10-3-6-12(14)13(7-10)19(17,18)16-11-4-5-11/h3,6-7,9,11,15-16H,4-5,8H2,1-2H3. The maximum Gasteiger partial charge on any atom is 0.241 e. The van der Waals surface area contributed by atoms with Gasteiger partial charge in [0, 0.05) is 23.1 Å². The zero-order valence-electron chi connectivity index (χ0n) is 11.1. The molecule has 1 aromatic rings. The Labute approximate surface area is 123 Å². The molecule has 0 heterocycles. The average molecular weight is 347 g/mol. The summed E-state index contributed by atoms with van der Waals surface area (Å²) in [6.07, 6.45) is 1.87. The molecule has 0 spiro atoms. The highest BCUT2D eigenvalue weighted by Crippen LogP contribution is 2.27. The minimum absolute atomic E-state index is 0.120. The number of hydrogen-bond acceptors (Lipinski definition) is 3. The molecule has 0 bridgehead atoms. The van der Waals surface area contributed by atoms with Gasteiger partial charge in [-0.25, -0.2) is 13.1 Å². The van der Waals surface area contributed by atoms with Crippen molar-refractivity contribution >= 4 is 26.0 Å². The summed E-state index contributed by atoms with van der Waals surface area (Å²) in [5.41, 5.74) is 0.966. The van der Waals surface area contributed by atoms with Crippen molar-refractivity contribution in [1.82, 2.24) is 10.0 Å². The number of sulfonamides is 1. The van der Waals surface area contributed by atoms with E-state index in [1.54, 1.807) is 12.1 Å². The molecule has 0 amide bonds. The first-order chi connectivity index (χ1) is 8.88. The van der Waals surface area contributed by atoms with Gasteiger partial charge in [-0.2, -0.15) is 0 Å². The Morgan fingerprint density at radius 1 is 1.37 bits per heavy atom. The van der Waals surface area contributed by atoms with Crippen molar-refractivity contribution < 1.29 is 8.42 Å². The van der Waals surface area contributed by atoms with Crippen LogP contribution in [0.15, 0.2) is 27.6 Å². The average Bonchev–Trinajstić information content (AvgIpc) is 3.10. The van der Waals surface area contributed by atoms with E-state index >= 15 is 0 Å². The minimum atomic E-state index is -3.41. The van der Waals surface area contributed by atoms with Crippen LogP contribution in [0.5, 0.6) is 0 Å². The van der Waals surface area contributed by atoms with Gasteiger partial charge in [-0.05, 0) is 46.5 Å². The van der Waals surface area contributed by atoms with Gasteiger partial charge in [0.2, 0.25) is 10.0 Å². The van der Waals surface area contributed by atoms with Crippen LogP contribution in [-0.2, 0) is 16.6 Å². The monoisotopic (exact) mass is 346 g/mol. The molecule has 1 fully saturated rings. The highest BCUT2D eigenvalue weighted by atomic mass is 79.9. The van der Waals surface area contributed by atoms with E-state index in [4.69, 9.17) is 0 Å². The third-order valence-electron chi connectivity index (χ3n) is 2.90. The quantitative estimate of drug-likeness (QED) is 0.831. The summed E-state index contributed by atoms with van der Waals surface area (Å²) >= 11 is 3.32. The summed E-state index contributed by atoms with van der Waals surface area (Å²) in [7, 11) is -3.41. The fourth-order valence-corrected chi connectivity index (χ4v) is 3.99. The smallest absolute Gasteiger partial charge is 0.241 e. The van der Waals surface area contributed by atoms with Crippen LogP contribution in [-0.4, -0.2) is 20.5 Å². The highest BCUT2D eigenvalue weighted by molar-refractivity contribution is 9.10. The molecule has 1 aromatic carbocycles. The summed E-state index contributed by atoms with van der Waals surface area (Å²) < 4.78 is 27.8. The maximum absolute atomic E-state index is 12.2. The molecule has 0 aliphatic heterocycles. The lowest BCUT2D eigenvalue weighted by Crippen LogP contribution is -2.26. The second-order valence-electron chi connectivity index (χ2n) is 5.20. The van der Waals surface area contributed by atoms with Gasteiger partial charge in [0.25, 0.3) is 0 Å². The Balaban J connectivity index is 2.20. The van der Waals surface area contributed by atoms with Crippen molar-refractivity contribution in [2.24, 2.45) is 0 Å². The molecule has 19 heavy (non-hydrogen) atoms. The van der Waals surface area contributed by atoms with Gasteiger partial charge in [-0.3, -0.25) is 0 Å². The molecule has 1 aliphatic rings. The zero-order chi connectivity index (χ0) is 14.0. The van der Waals surface area contributed by atoms with Crippen LogP contribution in [0.4, 0.5) is 0 Å². The lowest BCUT2D eigenvalue weighted by molar-refractivity contribution is 0.578. The van der Waals surface area contributed by atoms with Crippen molar-refractivity contribution in [1.29, 1.82) is 0 Å². The predicted molar refractivity (Wildman–Crippen MR) is 79.5 cm³/mol. The molecular formula is C13H19BrN2O2S. The molecule has 1 saturated carbocycles. The molecule has 4 nitrogen and oxygen atoms in total. The Bertz CT molecular complexity index is 554. The van der Waals surface area contributed by atoms with Crippen LogP contribution >= 0.6 is 15.9 Å². The first kappa shape index (κ1) is 15.0. The summed E-state index contributed by atoms with van der Waals surface area (Å²) in [6, 6.07) is 5.93. The number of rotatable bonds is 6. The van der Waals surface area contributed by atoms with Gasteiger partial charge in [0.15, 0.2) is 0 Å². The van der Waals surface area contributed by atoms with Crippen molar-refractivity contribution in [2.75, 3.05) is 0 Å². The third kappa shape index (κ3) is 4.27. The molecule has 0 unspecified atom stereocenters. The van der Waals surface area contributed by atoms with Gasteiger partial charge < -0.3 is 5.32 Å². The first-order valence-electron chi connectivity index (χ1n) is 6.42. The van der Waals surface area contributed by atoms with Crippen molar-refractivity contribution in [3.63, 3.8) is 0 Å². The van der Waals surface area contributed by atoms with Crippen LogP contribution in [0.3, 0.4) is 0 Å². The van der Waals surface area contributed by atoms with Crippen molar-refractivity contribution in [3.8, 4) is 0 Å². The minimum Gasteiger partial charge on any atom is -0.310 e. The lowest BCUT2D eigenvalue weighted by Gasteiger charge is -2.12. The number of nitrogens with one attached hydrogen (secondary N) is 2. The number of hydrogen-bond donors (Lipinski definition) is 2. The Hall–Kier alpha value is -0.430. The molecule has 6 heteroatoms. The molecule has 106 valence electrons. The van der Waals surface area contributed by atoms with Gasteiger partial charge in [0.05, 0.1) is 4.90 Å². The van der Waals surface area contributed by atoms with Gasteiger partial charge in [0.1, 0.15) is 0 Å². The van der Waals surface area contributed by atoms with Crippen LogP contribution in [0.2, 0.25) is 0 Å². The number of halogens is 1. The van der Waals surface area contributed by atoms with E-state index in [1.165, 1.54) is 0 Å². The van der Waals surface area contributed by atoms with E-state index in [9.17, 15) is 8.42 Å². The van der Waals surface area contributed by atoms with Gasteiger partial charge in [-0.1, -0.05) is 19.9 Å². The molecule has 0 aromatic heterocycles. The second kappa shape index (κ2) is 5.91. The Morgan fingerprint density at radius 2 is 2.05 bits per heavy atom. The molecule has 2 N–H and O–H groups in total. The lowest BCUT2D eigenvalue weighted by atomic mass is 10.2. The van der Waals surface area contributed by atoms with Crippen LogP contribution in [0.25, 0.3) is 0 Å². The predicted octanol–water partition coefficient (Wildman–Crippen LogP) is 2.39. The van der Waals surface area contributed by atoms with E-state index in [-0.39, 0.29) is 6.04 Å². The van der Waals surface area contributed by atoms with Gasteiger partial charge >= 0.3 is 0 Å². The van der Waals surface area contributed by atoms with Crippen molar-refractivity contribution in [3.05, 3.63) is 28.2 Å². The summed E-state index contributed by atoms with van der Waals surface area (Å²) in [5.74, 6) is 0. The normalized spacial score (nSPS) is 16.0. The third-order valence-corrected chi connectivity index (χ3v) is 5.41. The molecule has 0 radical (unpaired) electrons. The van der Waals surface area contributed by atoms with Crippen molar-refractivity contribution in [2.45, 2.75) is 50.2 Å². The van der Waals surface area contributed by atoms with Crippen LogP contribution in [0.1, 0.15) is 32.3 Å². The molecule has 1 aliphatic carbocycles. The van der Waals surface area contributed by atoms with E-state index in [0.29, 0.717) is 22.0 Å². The van der Waals surface area contributed by atoms with Crippen LogP contribution in [0, 0.1) is 0 Å². The van der Waals surface area contributed by atoms with E-state index in [1.807, 2.05) is 6.07 Å². The summed E-state index contributed by atoms with van der Waals surface area (Å²) in [4.78, 5) is 0.322. The van der Waals surface area contributed by atoms with E-state index in [2.05, 4.69) is 39.8 Å². The van der Waals surface area contributed by atoms with Crippen LogP contribution < -0.4 is 10.0 Å². The number of benzene rings is 1. The largest absolute Gasteiger partial charge is 0.310 e. The van der Waals surface area contributed by atoms with E-state index < -0.39 is 10.0 Å². The van der Waals surface area contributed by atoms with Gasteiger partial charge in [-0.15, -0.1) is 0 Å². The topological polar surface area (TPSA) is 58.2 Å². The van der Waals surface area contributed by atoms with E-state index in [0.717, 1.165) is 18.4 Å². The second-order valence-corrected chi connectivity index (χ2v) is 7.73. The fourth-order valence-electron chi connectivity index (χ4n) is 1.67. The molecule has 2 rings (SSSR count). The molecular weight excluding hydrogens is 328 g/mol.